The molecule has 0 aliphatic carbocycles. The molecule has 2 aromatic heterocycles. The van der Waals surface area contributed by atoms with Gasteiger partial charge in [0.1, 0.15) is 12.3 Å². The number of carbonyl (C=O) groups is 2. The fraction of sp³-hybridized carbons (Fsp3) is 0.257. The molecule has 4 atom stereocenters. The lowest BCUT2D eigenvalue weighted by molar-refractivity contribution is -0.256. The Morgan fingerprint density at radius 2 is 1.82 bits per heavy atom. The Labute approximate surface area is 266 Å². The third-order valence-electron chi connectivity index (χ3n) is 10.0. The quantitative estimate of drug-likeness (QED) is 0.204. The fourth-order valence-electron chi connectivity index (χ4n) is 8.28. The lowest BCUT2D eigenvalue weighted by Gasteiger charge is -2.48. The number of hydrogen-bond acceptors (Lipinski definition) is 5. The Balaban J connectivity index is 1.45. The summed E-state index contributed by atoms with van der Waals surface area (Å²) in [5.41, 5.74) is 5.93. The van der Waals surface area contributed by atoms with Crippen LogP contribution in [0.25, 0.3) is 43.6 Å². The highest BCUT2D eigenvalue weighted by Crippen LogP contribution is 2.54. The Kier molecular flexibility index (Phi) is 5.66. The molecule has 2 bridgehead atoms. The molecule has 1 fully saturated rings. The summed E-state index contributed by atoms with van der Waals surface area (Å²) in [7, 11) is 3.71. The van der Waals surface area contributed by atoms with Gasteiger partial charge < -0.3 is 34.6 Å². The summed E-state index contributed by atoms with van der Waals surface area (Å²) in [6, 6.07) is 21.4. The van der Waals surface area contributed by atoms with Gasteiger partial charge in [0, 0.05) is 63.4 Å². The van der Waals surface area contributed by atoms with Crippen molar-refractivity contribution in [1.29, 1.82) is 0 Å². The molecule has 3 N–H and O–H groups in total. The summed E-state index contributed by atoms with van der Waals surface area (Å²) in [6.45, 7) is 2.52. The number of fused-ring (bicyclic) bond motifs is 13. The van der Waals surface area contributed by atoms with Crippen LogP contribution in [-0.2, 0) is 21.7 Å². The van der Waals surface area contributed by atoms with E-state index in [0.717, 1.165) is 53.6 Å². The molecule has 3 aliphatic rings. The number of amides is 2. The lowest BCUT2D eigenvalue weighted by Crippen LogP contribution is -2.59. The van der Waals surface area contributed by atoms with Crippen molar-refractivity contribution in [1.82, 2.24) is 19.8 Å². The zero-order chi connectivity index (χ0) is 30.8. The maximum absolute atomic E-state index is 13.7. The molecular formula is C35H30BrN5O4. The van der Waals surface area contributed by atoms with Gasteiger partial charge in [-0.15, -0.1) is 0 Å². The van der Waals surface area contributed by atoms with Crippen molar-refractivity contribution < 1.29 is 19.1 Å². The molecule has 6 aromatic rings. The van der Waals surface area contributed by atoms with Gasteiger partial charge in [-0.05, 0) is 68.1 Å². The summed E-state index contributed by atoms with van der Waals surface area (Å²) >= 11 is 3.69. The van der Waals surface area contributed by atoms with E-state index in [-0.39, 0.29) is 30.2 Å². The zero-order valence-electron chi connectivity index (χ0n) is 24.9. The summed E-state index contributed by atoms with van der Waals surface area (Å²) < 4.78 is 19.0. The number of benzene rings is 4. The van der Waals surface area contributed by atoms with Gasteiger partial charge in [-0.2, -0.15) is 0 Å². The molecule has 5 heterocycles. The molecule has 1 saturated heterocycles. The smallest absolute Gasteiger partial charge is 0.255 e. The number of aromatic nitrogens is 2. The molecule has 4 aromatic carbocycles. The van der Waals surface area contributed by atoms with Gasteiger partial charge in [0.15, 0.2) is 5.72 Å². The van der Waals surface area contributed by atoms with Gasteiger partial charge in [-0.25, -0.2) is 0 Å². The van der Waals surface area contributed by atoms with Crippen molar-refractivity contribution in [3.63, 3.8) is 0 Å². The molecule has 3 aliphatic heterocycles. The summed E-state index contributed by atoms with van der Waals surface area (Å²) in [5, 5.41) is 13.6. The first-order valence-corrected chi connectivity index (χ1v) is 15.9. The molecule has 2 unspecified atom stereocenters. The van der Waals surface area contributed by atoms with E-state index in [9.17, 15) is 9.59 Å². The second kappa shape index (κ2) is 9.40. The minimum Gasteiger partial charge on any atom is -0.375 e. The summed E-state index contributed by atoms with van der Waals surface area (Å²) in [4.78, 5) is 26.9. The van der Waals surface area contributed by atoms with Crippen LogP contribution in [0.4, 0.5) is 5.69 Å². The number of halogens is 1. The van der Waals surface area contributed by atoms with Crippen LogP contribution in [0.15, 0.2) is 71.2 Å². The minimum atomic E-state index is -0.905. The average Bonchev–Trinajstić information content (AvgIpc) is 3.68. The topological polar surface area (TPSA) is 98.6 Å². The van der Waals surface area contributed by atoms with E-state index in [1.165, 1.54) is 0 Å². The molecule has 10 heteroatoms. The van der Waals surface area contributed by atoms with Gasteiger partial charge in [0.25, 0.3) is 11.8 Å². The third-order valence-corrected chi connectivity index (χ3v) is 10.5. The molecule has 0 radical (unpaired) electrons. The van der Waals surface area contributed by atoms with Crippen LogP contribution in [0, 0.1) is 0 Å². The monoisotopic (exact) mass is 663 g/mol. The van der Waals surface area contributed by atoms with Gasteiger partial charge in [-0.1, -0.05) is 34.1 Å². The van der Waals surface area contributed by atoms with E-state index >= 15 is 0 Å². The number of hydrogen-bond donors (Lipinski definition) is 3. The van der Waals surface area contributed by atoms with Crippen LogP contribution in [-0.4, -0.2) is 47.3 Å². The molecule has 0 saturated carbocycles. The van der Waals surface area contributed by atoms with Crippen LogP contribution in [0.1, 0.15) is 45.9 Å². The maximum atomic E-state index is 13.7. The molecule has 45 heavy (non-hydrogen) atoms. The molecule has 9 rings (SSSR count). The highest BCUT2D eigenvalue weighted by molar-refractivity contribution is 9.10. The van der Waals surface area contributed by atoms with Crippen LogP contribution in [0.5, 0.6) is 0 Å². The maximum Gasteiger partial charge on any atom is 0.255 e. The number of likely N-dealkylation sites (N-methyl/N-ethyl adjacent to an activating group) is 1. The summed E-state index contributed by atoms with van der Waals surface area (Å²) in [5.74, 6) is -0.265. The largest absolute Gasteiger partial charge is 0.375 e. The standard InChI is InChI=1S/C35H30BrN5O4/c1-35-32(44-3)23(37-2)15-26(45-35)40-24-11-9-18(36)13-20(24)28-29-22(16-38-34(29)43)27-21-14-19(39-33(42)17-7-5-4-6-8-17)10-12-25(21)41(35)31(27)30(28)40/h4-14,23,26,32,37H,15-16H2,1-3H3,(H,38,43)(H,39,42)/t23-,26?,32-,35?/m1/s1. The van der Waals surface area contributed by atoms with Crippen molar-refractivity contribution in [2.24, 2.45) is 0 Å². The van der Waals surface area contributed by atoms with Crippen LogP contribution < -0.4 is 16.0 Å². The zero-order valence-corrected chi connectivity index (χ0v) is 26.5. The van der Waals surface area contributed by atoms with Crippen molar-refractivity contribution in [3.05, 3.63) is 87.9 Å². The number of nitrogens with one attached hydrogen (secondary N) is 3. The highest BCUT2D eigenvalue weighted by Gasteiger charge is 2.53. The van der Waals surface area contributed by atoms with Crippen molar-refractivity contribution >= 4 is 77.0 Å². The normalized spacial score (nSPS) is 23.6. The predicted octanol–water partition coefficient (Wildman–Crippen LogP) is 6.37. The minimum absolute atomic E-state index is 0.0110. The average molecular weight is 665 g/mol. The van der Waals surface area contributed by atoms with Gasteiger partial charge in [0.2, 0.25) is 0 Å². The van der Waals surface area contributed by atoms with E-state index in [0.29, 0.717) is 29.8 Å². The number of carbonyl (C=O) groups excluding carboxylic acids is 2. The second-order valence-corrected chi connectivity index (χ2v) is 13.2. The van der Waals surface area contributed by atoms with E-state index in [4.69, 9.17) is 9.47 Å². The second-order valence-electron chi connectivity index (χ2n) is 12.3. The van der Waals surface area contributed by atoms with E-state index < -0.39 is 5.72 Å². The van der Waals surface area contributed by atoms with Crippen molar-refractivity contribution in [3.8, 4) is 0 Å². The van der Waals surface area contributed by atoms with Crippen LogP contribution >= 0.6 is 15.9 Å². The van der Waals surface area contributed by atoms with E-state index in [1.54, 1.807) is 19.2 Å². The fourth-order valence-corrected chi connectivity index (χ4v) is 8.64. The number of anilines is 1. The van der Waals surface area contributed by atoms with Crippen molar-refractivity contribution in [2.45, 2.75) is 44.0 Å². The van der Waals surface area contributed by atoms with E-state index in [1.807, 2.05) is 49.5 Å². The predicted molar refractivity (Wildman–Crippen MR) is 178 cm³/mol. The molecule has 0 spiro atoms. The Morgan fingerprint density at radius 1 is 1.04 bits per heavy atom. The van der Waals surface area contributed by atoms with Gasteiger partial charge >= 0.3 is 0 Å². The van der Waals surface area contributed by atoms with Gasteiger partial charge in [-0.3, -0.25) is 9.59 Å². The first kappa shape index (κ1) is 27.1. The molecule has 226 valence electrons. The lowest BCUT2D eigenvalue weighted by atomic mass is 9.93. The number of ether oxygens (including phenoxy) is 2. The number of nitrogens with zero attached hydrogens (tertiary/aromatic N) is 2. The molecular weight excluding hydrogens is 634 g/mol. The molecule has 2 amide bonds. The highest BCUT2D eigenvalue weighted by atomic mass is 79.9. The number of rotatable bonds is 4. The number of methoxy groups -OCH3 is 1. The SMILES string of the molecule is CN[C@@H]1CC2OC(C)([C@@H]1OC)n1c3ccc(NC(=O)c4ccccc4)cc3c3c4c(c5c6cc(Br)ccc6n2c5c31)C(=O)NC4. The Hall–Kier alpha value is -4.22. The summed E-state index contributed by atoms with van der Waals surface area (Å²) in [6.07, 6.45) is 0.0520. The van der Waals surface area contributed by atoms with Crippen molar-refractivity contribution in [2.75, 3.05) is 19.5 Å². The van der Waals surface area contributed by atoms with Crippen LogP contribution in [0.3, 0.4) is 0 Å². The first-order valence-electron chi connectivity index (χ1n) is 15.1. The van der Waals surface area contributed by atoms with Gasteiger partial charge in [0.05, 0.1) is 27.6 Å². The third kappa shape index (κ3) is 3.48. The Bertz CT molecular complexity index is 2270. The molecule has 9 nitrogen and oxygen atoms in total. The van der Waals surface area contributed by atoms with Crippen LogP contribution in [0.2, 0.25) is 0 Å². The first-order chi connectivity index (χ1) is 21.8. The Morgan fingerprint density at radius 3 is 2.60 bits per heavy atom. The van der Waals surface area contributed by atoms with E-state index in [2.05, 4.69) is 60.1 Å².